The minimum atomic E-state index is -0.837. The second-order valence-corrected chi connectivity index (χ2v) is 6.54. The van der Waals surface area contributed by atoms with Crippen LogP contribution >= 0.6 is 0 Å². The summed E-state index contributed by atoms with van der Waals surface area (Å²) in [7, 11) is 0. The first-order valence-corrected chi connectivity index (χ1v) is 8.75. The Morgan fingerprint density at radius 3 is 2.32 bits per heavy atom. The minimum Gasteiger partial charge on any atom is -0.490 e. The lowest BCUT2D eigenvalue weighted by molar-refractivity contribution is 0.172. The Bertz CT molecular complexity index is 465. The maximum atomic E-state index is 13.9. The monoisotopic (exact) mass is 310 g/mol. The summed E-state index contributed by atoms with van der Waals surface area (Å²) in [5.41, 5.74) is 0.404. The Kier molecular flexibility index (Phi) is 6.66. The quantitative estimate of drug-likeness (QED) is 0.609. The summed E-state index contributed by atoms with van der Waals surface area (Å²) < 4.78 is 33.2. The lowest BCUT2D eigenvalue weighted by Crippen LogP contribution is -2.20. The van der Waals surface area contributed by atoms with Crippen LogP contribution in [0.1, 0.15) is 64.4 Å². The second kappa shape index (κ2) is 8.50. The van der Waals surface area contributed by atoms with Crippen LogP contribution in [0.15, 0.2) is 12.1 Å². The molecule has 0 unspecified atom stereocenters. The third-order valence-corrected chi connectivity index (χ3v) is 4.91. The summed E-state index contributed by atoms with van der Waals surface area (Å²) in [6.07, 6.45) is 9.20. The summed E-state index contributed by atoms with van der Waals surface area (Å²) in [4.78, 5) is 0. The van der Waals surface area contributed by atoms with E-state index in [-0.39, 0.29) is 5.75 Å². The molecule has 22 heavy (non-hydrogen) atoms. The van der Waals surface area contributed by atoms with Gasteiger partial charge in [-0.15, -0.1) is 0 Å². The fourth-order valence-corrected chi connectivity index (χ4v) is 3.34. The van der Waals surface area contributed by atoms with Gasteiger partial charge in [0.05, 0.1) is 6.61 Å². The van der Waals surface area contributed by atoms with Gasteiger partial charge in [0, 0.05) is 0 Å². The van der Waals surface area contributed by atoms with Crippen LogP contribution < -0.4 is 4.74 Å². The number of aryl methyl sites for hydroxylation is 1. The summed E-state index contributed by atoms with van der Waals surface area (Å²) >= 11 is 0. The number of unbranched alkanes of at least 4 members (excludes halogenated alkanes) is 1. The number of hydrogen-bond acceptors (Lipinski definition) is 1. The highest BCUT2D eigenvalue weighted by atomic mass is 19.2. The van der Waals surface area contributed by atoms with Gasteiger partial charge in [0.15, 0.2) is 11.6 Å². The fourth-order valence-electron chi connectivity index (χ4n) is 3.34. The molecule has 1 aliphatic rings. The fraction of sp³-hybridized carbons (Fsp3) is 0.684. The molecule has 1 nitrogen and oxygen atoms in total. The molecule has 0 amide bonds. The van der Waals surface area contributed by atoms with Crippen molar-refractivity contribution < 1.29 is 13.5 Å². The van der Waals surface area contributed by atoms with E-state index < -0.39 is 11.6 Å². The largest absolute Gasteiger partial charge is 0.490 e. The highest BCUT2D eigenvalue weighted by Crippen LogP contribution is 2.32. The van der Waals surface area contributed by atoms with Crippen LogP contribution in [0.4, 0.5) is 8.78 Å². The van der Waals surface area contributed by atoms with E-state index in [0.717, 1.165) is 18.8 Å². The lowest BCUT2D eigenvalue weighted by Gasteiger charge is -2.28. The predicted octanol–water partition coefficient (Wildman–Crippen LogP) is 5.90. The van der Waals surface area contributed by atoms with E-state index in [9.17, 15) is 8.78 Å². The Hall–Kier alpha value is -1.12. The first-order chi connectivity index (χ1) is 10.7. The van der Waals surface area contributed by atoms with Gasteiger partial charge in [0.1, 0.15) is 0 Å². The third-order valence-electron chi connectivity index (χ3n) is 4.91. The van der Waals surface area contributed by atoms with Crippen molar-refractivity contribution in [1.82, 2.24) is 0 Å². The molecule has 0 atom stereocenters. The van der Waals surface area contributed by atoms with Crippen LogP contribution in [-0.4, -0.2) is 6.61 Å². The molecule has 0 aromatic heterocycles. The number of benzene rings is 1. The number of halogens is 2. The zero-order chi connectivity index (χ0) is 15.9. The molecule has 0 spiro atoms. The van der Waals surface area contributed by atoms with Crippen molar-refractivity contribution in [1.29, 1.82) is 0 Å². The summed E-state index contributed by atoms with van der Waals surface area (Å²) in [6.45, 7) is 4.55. The molecule has 0 radical (unpaired) electrons. The van der Waals surface area contributed by atoms with E-state index in [1.54, 1.807) is 12.1 Å². The van der Waals surface area contributed by atoms with E-state index in [2.05, 4.69) is 6.92 Å². The summed E-state index contributed by atoms with van der Waals surface area (Å²) in [5, 5.41) is 0. The van der Waals surface area contributed by atoms with Crippen LogP contribution in [0.2, 0.25) is 0 Å². The number of ether oxygens (including phenoxy) is 1. The molecule has 1 saturated carbocycles. The molecule has 0 saturated heterocycles. The Balaban J connectivity index is 1.81. The van der Waals surface area contributed by atoms with Gasteiger partial charge in [-0.3, -0.25) is 0 Å². The molecular weight excluding hydrogens is 282 g/mol. The van der Waals surface area contributed by atoms with Crippen LogP contribution in [0.3, 0.4) is 0 Å². The minimum absolute atomic E-state index is 0.0582. The van der Waals surface area contributed by atoms with Gasteiger partial charge >= 0.3 is 0 Å². The van der Waals surface area contributed by atoms with Gasteiger partial charge in [-0.25, -0.2) is 4.39 Å². The Morgan fingerprint density at radius 2 is 1.68 bits per heavy atom. The van der Waals surface area contributed by atoms with Gasteiger partial charge in [0.25, 0.3) is 0 Å². The average molecular weight is 310 g/mol. The van der Waals surface area contributed by atoms with E-state index >= 15 is 0 Å². The van der Waals surface area contributed by atoms with Crippen LogP contribution in [0.5, 0.6) is 5.75 Å². The molecule has 1 fully saturated rings. The first kappa shape index (κ1) is 17.2. The van der Waals surface area contributed by atoms with Gasteiger partial charge in [0.2, 0.25) is 5.82 Å². The Labute approximate surface area is 133 Å². The van der Waals surface area contributed by atoms with E-state index in [1.807, 2.05) is 6.92 Å². The van der Waals surface area contributed by atoms with Crippen molar-refractivity contribution in [2.24, 2.45) is 11.8 Å². The summed E-state index contributed by atoms with van der Waals surface area (Å²) in [6, 6.07) is 3.18. The molecule has 0 bridgehead atoms. The van der Waals surface area contributed by atoms with Crippen LogP contribution in [0.25, 0.3) is 0 Å². The molecule has 0 heterocycles. The van der Waals surface area contributed by atoms with E-state index in [4.69, 9.17) is 4.74 Å². The SMILES string of the molecule is CCCCC1CCC(COc2ccc(CC)c(F)c2F)CC1. The molecular formula is C19H28F2O. The topological polar surface area (TPSA) is 9.23 Å². The smallest absolute Gasteiger partial charge is 0.200 e. The molecule has 1 aromatic carbocycles. The van der Waals surface area contributed by atoms with Gasteiger partial charge < -0.3 is 4.74 Å². The van der Waals surface area contributed by atoms with E-state index in [0.29, 0.717) is 24.5 Å². The molecule has 2 rings (SSSR count). The molecule has 3 heteroatoms. The average Bonchev–Trinajstić information content (AvgIpc) is 2.55. The predicted molar refractivity (Wildman–Crippen MR) is 86.2 cm³/mol. The zero-order valence-corrected chi connectivity index (χ0v) is 13.8. The standard InChI is InChI=1S/C19H28F2O/c1-3-5-6-14-7-9-15(10-8-14)13-22-17-12-11-16(4-2)18(20)19(17)21/h11-12,14-15H,3-10,13H2,1-2H3. The zero-order valence-electron chi connectivity index (χ0n) is 13.8. The van der Waals surface area contributed by atoms with Gasteiger partial charge in [-0.1, -0.05) is 52.0 Å². The van der Waals surface area contributed by atoms with Crippen LogP contribution in [-0.2, 0) is 6.42 Å². The third kappa shape index (κ3) is 4.44. The molecule has 1 aliphatic carbocycles. The molecule has 0 N–H and O–H groups in total. The highest BCUT2D eigenvalue weighted by Gasteiger charge is 2.22. The summed E-state index contributed by atoms with van der Waals surface area (Å²) in [5.74, 6) is -0.206. The van der Waals surface area contributed by atoms with Crippen molar-refractivity contribution in [3.05, 3.63) is 29.3 Å². The number of hydrogen-bond donors (Lipinski definition) is 0. The van der Waals surface area contributed by atoms with Crippen LogP contribution in [0, 0.1) is 23.5 Å². The molecule has 124 valence electrons. The second-order valence-electron chi connectivity index (χ2n) is 6.54. The molecule has 1 aromatic rings. The van der Waals surface area contributed by atoms with Crippen molar-refractivity contribution in [2.75, 3.05) is 6.61 Å². The van der Waals surface area contributed by atoms with Gasteiger partial charge in [-0.05, 0) is 42.7 Å². The van der Waals surface area contributed by atoms with Crippen molar-refractivity contribution in [2.45, 2.75) is 65.2 Å². The van der Waals surface area contributed by atoms with Crippen molar-refractivity contribution in [3.63, 3.8) is 0 Å². The number of rotatable bonds is 7. The van der Waals surface area contributed by atoms with E-state index in [1.165, 1.54) is 32.1 Å². The normalized spacial score (nSPS) is 21.8. The lowest BCUT2D eigenvalue weighted by atomic mass is 9.80. The van der Waals surface area contributed by atoms with Gasteiger partial charge in [-0.2, -0.15) is 4.39 Å². The maximum absolute atomic E-state index is 13.9. The van der Waals surface area contributed by atoms with Crippen molar-refractivity contribution >= 4 is 0 Å². The molecule has 0 aliphatic heterocycles. The highest BCUT2D eigenvalue weighted by molar-refractivity contribution is 5.31. The van der Waals surface area contributed by atoms with Crippen molar-refractivity contribution in [3.8, 4) is 5.75 Å². The maximum Gasteiger partial charge on any atom is 0.200 e. The Morgan fingerprint density at radius 1 is 1.00 bits per heavy atom. The first-order valence-electron chi connectivity index (χ1n) is 8.75.